The van der Waals surface area contributed by atoms with Gasteiger partial charge in [0.1, 0.15) is 0 Å². The molecule has 5 heteroatoms. The molecule has 0 aliphatic heterocycles. The zero-order valence-corrected chi connectivity index (χ0v) is 11.7. The van der Waals surface area contributed by atoms with Crippen LogP contribution in [0.1, 0.15) is 29.2 Å². The largest absolute Gasteiger partial charge is 0.271 e. The van der Waals surface area contributed by atoms with E-state index in [0.29, 0.717) is 12.8 Å². The third-order valence-corrected chi connectivity index (χ3v) is 3.45. The fourth-order valence-electron chi connectivity index (χ4n) is 2.32. The predicted octanol–water partition coefficient (Wildman–Crippen LogP) is 3.55. The minimum Gasteiger partial charge on any atom is -0.271 e. The normalized spacial score (nSPS) is 12.4. The number of nitrogens with one attached hydrogen (secondary N) is 1. The maximum absolute atomic E-state index is 13.8. The average molecular weight is 294 g/mol. The minimum atomic E-state index is -1.47. The second kappa shape index (κ2) is 6.74. The number of aryl methyl sites for hydroxylation is 2. The van der Waals surface area contributed by atoms with Gasteiger partial charge in [0.2, 0.25) is 0 Å². The highest BCUT2D eigenvalue weighted by Crippen LogP contribution is 2.24. The summed E-state index contributed by atoms with van der Waals surface area (Å²) in [5.74, 6) is 1.56. The molecule has 0 heterocycles. The lowest BCUT2D eigenvalue weighted by Crippen LogP contribution is -2.29. The highest BCUT2D eigenvalue weighted by molar-refractivity contribution is 5.25. The van der Waals surface area contributed by atoms with Crippen molar-refractivity contribution in [3.8, 4) is 0 Å². The second-order valence-corrected chi connectivity index (χ2v) is 5.01. The minimum absolute atomic E-state index is 0.0315. The van der Waals surface area contributed by atoms with Crippen LogP contribution in [0.4, 0.5) is 13.2 Å². The van der Waals surface area contributed by atoms with Gasteiger partial charge < -0.3 is 0 Å². The Balaban J connectivity index is 2.15. The third kappa shape index (κ3) is 3.62. The highest BCUT2D eigenvalue weighted by atomic mass is 19.2. The molecular weight excluding hydrogens is 277 g/mol. The summed E-state index contributed by atoms with van der Waals surface area (Å²) in [5.41, 5.74) is 4.70. The Bertz CT molecular complexity index is 629. The molecule has 112 valence electrons. The van der Waals surface area contributed by atoms with Gasteiger partial charge in [-0.2, -0.15) is 0 Å². The Morgan fingerprint density at radius 3 is 2.52 bits per heavy atom. The van der Waals surface area contributed by atoms with Crippen molar-refractivity contribution in [3.05, 3.63) is 70.5 Å². The molecule has 0 aliphatic carbocycles. The van der Waals surface area contributed by atoms with Gasteiger partial charge in [-0.3, -0.25) is 11.3 Å². The molecular formula is C16H17F3N2. The summed E-state index contributed by atoms with van der Waals surface area (Å²) in [5, 5.41) is 0. The van der Waals surface area contributed by atoms with Crippen LogP contribution in [-0.2, 0) is 6.42 Å². The second-order valence-electron chi connectivity index (χ2n) is 5.01. The molecule has 1 unspecified atom stereocenters. The average Bonchev–Trinajstić information content (AvgIpc) is 2.47. The number of hydrazine groups is 1. The van der Waals surface area contributed by atoms with E-state index >= 15 is 0 Å². The molecule has 0 aliphatic rings. The van der Waals surface area contributed by atoms with Gasteiger partial charge in [-0.05, 0) is 31.4 Å². The lowest BCUT2D eigenvalue weighted by molar-refractivity contribution is 0.419. The van der Waals surface area contributed by atoms with Crippen LogP contribution in [0.3, 0.4) is 0 Å². The molecule has 2 rings (SSSR count). The molecule has 0 amide bonds. The first-order chi connectivity index (χ1) is 10.0. The van der Waals surface area contributed by atoms with E-state index in [4.69, 9.17) is 5.84 Å². The van der Waals surface area contributed by atoms with E-state index in [9.17, 15) is 13.2 Å². The Labute approximate surface area is 121 Å². The van der Waals surface area contributed by atoms with Gasteiger partial charge in [-0.25, -0.2) is 13.2 Å². The van der Waals surface area contributed by atoms with E-state index in [0.717, 1.165) is 17.2 Å². The van der Waals surface area contributed by atoms with Crippen LogP contribution in [0, 0.1) is 24.4 Å². The highest BCUT2D eigenvalue weighted by Gasteiger charge is 2.19. The van der Waals surface area contributed by atoms with Crippen LogP contribution in [0.2, 0.25) is 0 Å². The number of rotatable bonds is 5. The molecule has 2 aromatic rings. The topological polar surface area (TPSA) is 38.0 Å². The molecule has 3 N–H and O–H groups in total. The van der Waals surface area contributed by atoms with Crippen LogP contribution in [0.25, 0.3) is 0 Å². The van der Waals surface area contributed by atoms with Gasteiger partial charge in [-0.1, -0.05) is 35.9 Å². The number of halogens is 3. The number of nitrogens with two attached hydrogens (primary N) is 1. The zero-order chi connectivity index (χ0) is 15.4. The molecule has 1 atom stereocenters. The lowest BCUT2D eigenvalue weighted by Gasteiger charge is -2.17. The maximum Gasteiger partial charge on any atom is 0.194 e. The maximum atomic E-state index is 13.8. The van der Waals surface area contributed by atoms with Gasteiger partial charge in [0.05, 0.1) is 0 Å². The molecule has 21 heavy (non-hydrogen) atoms. The van der Waals surface area contributed by atoms with Gasteiger partial charge in [-0.15, -0.1) is 0 Å². The van der Waals surface area contributed by atoms with Crippen LogP contribution >= 0.6 is 0 Å². The van der Waals surface area contributed by atoms with E-state index in [1.165, 1.54) is 6.07 Å². The van der Waals surface area contributed by atoms with Gasteiger partial charge in [0.15, 0.2) is 17.5 Å². The quantitative estimate of drug-likeness (QED) is 0.503. The number of hydrogen-bond acceptors (Lipinski definition) is 2. The van der Waals surface area contributed by atoms with Crippen molar-refractivity contribution in [1.29, 1.82) is 0 Å². The number of hydrogen-bond donors (Lipinski definition) is 2. The fourth-order valence-corrected chi connectivity index (χ4v) is 2.32. The first kappa shape index (κ1) is 15.5. The fraction of sp³-hybridized carbons (Fsp3) is 0.250. The zero-order valence-electron chi connectivity index (χ0n) is 11.7. The first-order valence-electron chi connectivity index (χ1n) is 6.68. The molecule has 2 nitrogen and oxygen atoms in total. The summed E-state index contributed by atoms with van der Waals surface area (Å²) in [6.45, 7) is 1.98. The first-order valence-corrected chi connectivity index (χ1v) is 6.68. The Morgan fingerprint density at radius 1 is 1.10 bits per heavy atom. The molecule has 0 saturated carbocycles. The summed E-state index contributed by atoms with van der Waals surface area (Å²) in [7, 11) is 0. The predicted molar refractivity (Wildman–Crippen MR) is 75.9 cm³/mol. The van der Waals surface area contributed by atoms with Crippen LogP contribution in [-0.4, -0.2) is 0 Å². The van der Waals surface area contributed by atoms with Crippen molar-refractivity contribution < 1.29 is 13.2 Å². The molecule has 0 bridgehead atoms. The van der Waals surface area contributed by atoms with E-state index < -0.39 is 23.5 Å². The summed E-state index contributed by atoms with van der Waals surface area (Å²) < 4.78 is 40.0. The molecule has 0 saturated heterocycles. The molecule has 0 radical (unpaired) electrons. The van der Waals surface area contributed by atoms with E-state index in [1.54, 1.807) is 0 Å². The van der Waals surface area contributed by atoms with Crippen molar-refractivity contribution in [2.45, 2.75) is 25.8 Å². The smallest absolute Gasteiger partial charge is 0.194 e. The monoisotopic (exact) mass is 294 g/mol. The van der Waals surface area contributed by atoms with Crippen LogP contribution in [0.15, 0.2) is 36.4 Å². The summed E-state index contributed by atoms with van der Waals surface area (Å²) in [4.78, 5) is 0. The van der Waals surface area contributed by atoms with Crippen LogP contribution in [0.5, 0.6) is 0 Å². The molecule has 0 aromatic heterocycles. The molecule has 2 aromatic carbocycles. The molecule has 0 fully saturated rings. The third-order valence-electron chi connectivity index (χ3n) is 3.45. The van der Waals surface area contributed by atoms with Crippen LogP contribution < -0.4 is 11.3 Å². The number of benzene rings is 2. The summed E-state index contributed by atoms with van der Waals surface area (Å²) >= 11 is 0. The Hall–Kier alpha value is -1.85. The van der Waals surface area contributed by atoms with Crippen molar-refractivity contribution in [2.24, 2.45) is 5.84 Å². The van der Waals surface area contributed by atoms with Crippen molar-refractivity contribution in [1.82, 2.24) is 5.43 Å². The van der Waals surface area contributed by atoms with E-state index in [-0.39, 0.29) is 5.56 Å². The standard InChI is InChI=1S/C16H17F3N2/c1-10-3-2-4-11(9-10)5-8-14(21-20)12-6-7-13(17)16(19)15(12)18/h2-4,6-7,9,14,21H,5,8,20H2,1H3. The summed E-state index contributed by atoms with van der Waals surface area (Å²) in [6, 6.07) is 9.45. The van der Waals surface area contributed by atoms with Gasteiger partial charge in [0, 0.05) is 11.6 Å². The Kier molecular flexibility index (Phi) is 4.98. The van der Waals surface area contributed by atoms with E-state index in [1.807, 2.05) is 31.2 Å². The Morgan fingerprint density at radius 2 is 1.86 bits per heavy atom. The van der Waals surface area contributed by atoms with Crippen molar-refractivity contribution in [2.75, 3.05) is 0 Å². The van der Waals surface area contributed by atoms with Crippen molar-refractivity contribution >= 4 is 0 Å². The van der Waals surface area contributed by atoms with Crippen molar-refractivity contribution in [3.63, 3.8) is 0 Å². The van der Waals surface area contributed by atoms with E-state index in [2.05, 4.69) is 5.43 Å². The lowest BCUT2D eigenvalue weighted by atomic mass is 9.98. The van der Waals surface area contributed by atoms with Gasteiger partial charge in [0.25, 0.3) is 0 Å². The summed E-state index contributed by atoms with van der Waals surface area (Å²) in [6.07, 6.45) is 1.12. The van der Waals surface area contributed by atoms with Gasteiger partial charge >= 0.3 is 0 Å². The molecule has 0 spiro atoms. The SMILES string of the molecule is Cc1cccc(CCC(NN)c2ccc(F)c(F)c2F)c1.